The van der Waals surface area contributed by atoms with Crippen LogP contribution in [0.1, 0.15) is 80.8 Å². The summed E-state index contributed by atoms with van der Waals surface area (Å²) in [5, 5.41) is 54.7. The molecule has 0 unspecified atom stereocenters. The highest BCUT2D eigenvalue weighted by Gasteiger charge is 2.19. The maximum Gasteiger partial charge on any atom is 0.317 e. The molecule has 0 saturated carbocycles. The fraction of sp³-hybridized carbons (Fsp3) is 0.543. The Labute approximate surface area is 292 Å². The van der Waals surface area contributed by atoms with Gasteiger partial charge in [-0.2, -0.15) is 0 Å². The molecule has 2 aromatic rings. The van der Waals surface area contributed by atoms with Crippen LogP contribution in [0.4, 0.5) is 0 Å². The molecule has 0 aliphatic rings. The number of hydrogen-bond acceptors (Lipinski definition) is 10. The first kappa shape index (κ1) is 41.4. The zero-order valence-corrected chi connectivity index (χ0v) is 28.7. The highest BCUT2D eigenvalue weighted by molar-refractivity contribution is 5.76. The van der Waals surface area contributed by atoms with Crippen molar-refractivity contribution in [2.24, 2.45) is 0 Å². The number of aromatic nitrogens is 1. The molecule has 1 heterocycles. The first-order chi connectivity index (χ1) is 23.9. The van der Waals surface area contributed by atoms with E-state index in [0.29, 0.717) is 37.2 Å². The number of nitrogens with one attached hydrogen (secondary N) is 2. The Morgan fingerprint density at radius 1 is 0.680 bits per heavy atom. The van der Waals surface area contributed by atoms with E-state index in [4.69, 9.17) is 5.11 Å². The molecule has 0 bridgehead atoms. The van der Waals surface area contributed by atoms with Crippen LogP contribution in [0.3, 0.4) is 0 Å². The molecule has 0 radical (unpaired) electrons. The van der Waals surface area contributed by atoms with Crippen LogP contribution in [0, 0.1) is 0 Å². The average molecular weight is 702 g/mol. The average Bonchev–Trinajstić information content (AvgIpc) is 3.05. The predicted molar refractivity (Wildman–Crippen MR) is 184 cm³/mol. The molecule has 0 aliphatic carbocycles. The first-order valence-electron chi connectivity index (χ1n) is 17.0. The van der Waals surface area contributed by atoms with Gasteiger partial charge >= 0.3 is 17.9 Å². The van der Waals surface area contributed by atoms with Gasteiger partial charge in [-0.05, 0) is 49.4 Å². The zero-order chi connectivity index (χ0) is 36.9. The third kappa shape index (κ3) is 17.6. The number of pyridine rings is 1. The van der Waals surface area contributed by atoms with Gasteiger partial charge in [0.05, 0.1) is 25.2 Å². The number of unbranched alkanes of at least 4 members (excludes halogenated alkanes) is 3. The van der Waals surface area contributed by atoms with E-state index in [1.54, 1.807) is 12.1 Å². The van der Waals surface area contributed by atoms with Crippen LogP contribution in [0.2, 0.25) is 0 Å². The normalized spacial score (nSPS) is 11.1. The summed E-state index contributed by atoms with van der Waals surface area (Å²) in [6.45, 7) is 2.56. The van der Waals surface area contributed by atoms with E-state index >= 15 is 0 Å². The molecule has 0 fully saturated rings. The lowest BCUT2D eigenvalue weighted by Gasteiger charge is -2.26. The number of carbonyl (C=O) groups excluding carboxylic acids is 2. The minimum Gasteiger partial charge on any atom is -0.508 e. The Morgan fingerprint density at radius 3 is 1.94 bits per heavy atom. The SMILES string of the molecule is CCCCNC(=O)CCCCCNC(=O)CCc1ccc(O)c(CN(CCN(CC(=O)O)Cc2nc(CCC(=O)O)ccc2O)CC(=O)O)c1. The van der Waals surface area contributed by atoms with Crippen LogP contribution in [0.25, 0.3) is 0 Å². The van der Waals surface area contributed by atoms with Gasteiger partial charge in [0.25, 0.3) is 0 Å². The maximum atomic E-state index is 12.4. The summed E-state index contributed by atoms with van der Waals surface area (Å²) >= 11 is 0. The zero-order valence-electron chi connectivity index (χ0n) is 28.7. The molecule has 50 heavy (non-hydrogen) atoms. The number of phenolic OH excluding ortho intramolecular Hbond substituents is 1. The van der Waals surface area contributed by atoms with Gasteiger partial charge in [-0.1, -0.05) is 31.9 Å². The van der Waals surface area contributed by atoms with E-state index in [-0.39, 0.29) is 74.4 Å². The lowest BCUT2D eigenvalue weighted by atomic mass is 10.0. The number of carbonyl (C=O) groups is 5. The fourth-order valence-electron chi connectivity index (χ4n) is 5.15. The maximum absolute atomic E-state index is 12.4. The summed E-state index contributed by atoms with van der Waals surface area (Å²) in [6.07, 6.45) is 5.38. The van der Waals surface area contributed by atoms with Crippen molar-refractivity contribution in [3.63, 3.8) is 0 Å². The largest absolute Gasteiger partial charge is 0.508 e. The van der Waals surface area contributed by atoms with Crippen molar-refractivity contribution in [3.05, 3.63) is 52.8 Å². The second-order valence-corrected chi connectivity index (χ2v) is 12.2. The number of hydrogen-bond donors (Lipinski definition) is 7. The first-order valence-corrected chi connectivity index (χ1v) is 17.0. The van der Waals surface area contributed by atoms with Crippen molar-refractivity contribution in [1.29, 1.82) is 0 Å². The highest BCUT2D eigenvalue weighted by Crippen LogP contribution is 2.22. The molecule has 276 valence electrons. The van der Waals surface area contributed by atoms with E-state index in [9.17, 15) is 44.4 Å². The van der Waals surface area contributed by atoms with Gasteiger partial charge in [0.1, 0.15) is 11.5 Å². The molecule has 0 spiro atoms. The third-order valence-electron chi connectivity index (χ3n) is 7.86. The highest BCUT2D eigenvalue weighted by atomic mass is 16.4. The Balaban J connectivity index is 1.94. The Hall–Kier alpha value is -4.76. The van der Waals surface area contributed by atoms with E-state index < -0.39 is 31.0 Å². The van der Waals surface area contributed by atoms with E-state index in [2.05, 4.69) is 22.5 Å². The standard InChI is InChI=1S/C35H51N5O10/c1-2-3-16-36-31(43)7-5-4-6-17-37-32(44)14-9-25-8-12-29(41)26(20-25)21-39(23-34(47)48)18-19-40(24-35(49)50)22-28-30(42)13-10-27(38-28)11-15-33(45)46/h8,10,12-13,20,41-42H,2-7,9,11,14-19,21-24H2,1H3,(H,36,43)(H,37,44)(H,45,46)(H,47,48)(H,49,50). The van der Waals surface area contributed by atoms with Crippen LogP contribution in [0.15, 0.2) is 30.3 Å². The predicted octanol–water partition coefficient (Wildman–Crippen LogP) is 2.51. The van der Waals surface area contributed by atoms with Gasteiger partial charge in [-0.25, -0.2) is 0 Å². The van der Waals surface area contributed by atoms with E-state index in [1.807, 2.05) is 0 Å². The second-order valence-electron chi connectivity index (χ2n) is 12.2. The molecule has 7 N–H and O–H groups in total. The summed E-state index contributed by atoms with van der Waals surface area (Å²) < 4.78 is 0. The molecular weight excluding hydrogens is 650 g/mol. The number of phenols is 1. The van der Waals surface area contributed by atoms with E-state index in [0.717, 1.165) is 37.7 Å². The molecule has 2 rings (SSSR count). The third-order valence-corrected chi connectivity index (χ3v) is 7.86. The summed E-state index contributed by atoms with van der Waals surface area (Å²) in [7, 11) is 0. The van der Waals surface area contributed by atoms with Gasteiger partial charge in [0.15, 0.2) is 0 Å². The summed E-state index contributed by atoms with van der Waals surface area (Å²) in [6, 6.07) is 7.75. The van der Waals surface area contributed by atoms with Crippen molar-refractivity contribution < 1.29 is 49.5 Å². The van der Waals surface area contributed by atoms with Crippen molar-refractivity contribution in [3.8, 4) is 11.5 Å². The van der Waals surface area contributed by atoms with Gasteiger partial charge in [-0.15, -0.1) is 0 Å². The molecule has 0 atom stereocenters. The number of benzene rings is 1. The minimum absolute atomic E-state index is 0.0316. The molecule has 0 aliphatic heterocycles. The number of amides is 2. The number of carboxylic acid groups (broad SMARTS) is 3. The molecule has 0 saturated heterocycles. The number of aryl methyl sites for hydroxylation is 2. The molecule has 15 heteroatoms. The fourth-order valence-corrected chi connectivity index (χ4v) is 5.15. The number of aliphatic carboxylic acids is 3. The van der Waals surface area contributed by atoms with Crippen LogP contribution in [-0.4, -0.2) is 109 Å². The molecule has 15 nitrogen and oxygen atoms in total. The van der Waals surface area contributed by atoms with Gasteiger partial charge in [0.2, 0.25) is 11.8 Å². The lowest BCUT2D eigenvalue weighted by molar-refractivity contribution is -0.140. The van der Waals surface area contributed by atoms with Crippen molar-refractivity contribution in [2.75, 3.05) is 39.3 Å². The Kier molecular flexibility index (Phi) is 18.9. The monoisotopic (exact) mass is 701 g/mol. The Morgan fingerprint density at radius 2 is 1.30 bits per heavy atom. The smallest absolute Gasteiger partial charge is 0.317 e. The summed E-state index contributed by atoms with van der Waals surface area (Å²) in [4.78, 5) is 65.8. The van der Waals surface area contributed by atoms with Gasteiger partial charge in [-0.3, -0.25) is 38.8 Å². The minimum atomic E-state index is -1.15. The van der Waals surface area contributed by atoms with Crippen LogP contribution in [0.5, 0.6) is 11.5 Å². The van der Waals surface area contributed by atoms with Gasteiger partial charge < -0.3 is 36.2 Å². The molecule has 1 aromatic heterocycles. The quantitative estimate of drug-likeness (QED) is 0.0700. The lowest BCUT2D eigenvalue weighted by Crippen LogP contribution is -2.39. The second kappa shape index (κ2) is 22.8. The molecule has 2 amide bonds. The van der Waals surface area contributed by atoms with Crippen molar-refractivity contribution in [1.82, 2.24) is 25.4 Å². The molecular formula is C35H51N5O10. The number of nitrogens with zero attached hydrogens (tertiary/aromatic N) is 3. The van der Waals surface area contributed by atoms with Crippen LogP contribution >= 0.6 is 0 Å². The van der Waals surface area contributed by atoms with E-state index in [1.165, 1.54) is 28.0 Å². The van der Waals surface area contributed by atoms with Crippen molar-refractivity contribution >= 4 is 29.7 Å². The van der Waals surface area contributed by atoms with Crippen molar-refractivity contribution in [2.45, 2.75) is 84.2 Å². The Bertz CT molecular complexity index is 1420. The summed E-state index contributed by atoms with van der Waals surface area (Å²) in [5.41, 5.74) is 1.80. The van der Waals surface area contributed by atoms with Gasteiger partial charge in [0, 0.05) is 69.8 Å². The summed E-state index contributed by atoms with van der Waals surface area (Å²) in [5.74, 6) is -3.59. The molecule has 1 aromatic carbocycles. The number of aromatic hydroxyl groups is 2. The number of carboxylic acids is 3. The van der Waals surface area contributed by atoms with Crippen LogP contribution in [-0.2, 0) is 49.9 Å². The number of rotatable bonds is 26. The topological polar surface area (TPSA) is 230 Å². The van der Waals surface area contributed by atoms with Crippen LogP contribution < -0.4 is 10.6 Å².